The van der Waals surface area contributed by atoms with Crippen LogP contribution in [0, 0.1) is 0 Å². The Hall–Kier alpha value is -1.30. The molecule has 4 nitrogen and oxygen atoms in total. The Morgan fingerprint density at radius 3 is 2.46 bits per heavy atom. The second kappa shape index (κ2) is 7.72. The molecule has 128 valence electrons. The first-order chi connectivity index (χ1) is 11.9. The maximum absolute atomic E-state index is 4.46. The Balaban J connectivity index is 1.34. The van der Waals surface area contributed by atoms with Crippen molar-refractivity contribution in [3.05, 3.63) is 46.2 Å². The molecule has 0 N–H and O–H groups in total. The molecule has 2 aromatic heterocycles. The van der Waals surface area contributed by atoms with Crippen LogP contribution in [0.1, 0.15) is 47.0 Å². The van der Waals surface area contributed by atoms with Gasteiger partial charge in [0.1, 0.15) is 6.33 Å². The summed E-state index contributed by atoms with van der Waals surface area (Å²) in [4.78, 5) is 16.7. The molecule has 0 spiro atoms. The van der Waals surface area contributed by atoms with Gasteiger partial charge in [-0.15, -0.1) is 11.3 Å². The molecule has 0 radical (unpaired) electrons. The molecule has 0 unspecified atom stereocenters. The van der Waals surface area contributed by atoms with Gasteiger partial charge in [-0.1, -0.05) is 0 Å². The fourth-order valence-electron chi connectivity index (χ4n) is 3.96. The van der Waals surface area contributed by atoms with E-state index in [0.717, 1.165) is 19.6 Å². The lowest BCUT2D eigenvalue weighted by Crippen LogP contribution is -2.33. The lowest BCUT2D eigenvalue weighted by Gasteiger charge is -2.32. The maximum Gasteiger partial charge on any atom is 0.115 e. The predicted octanol–water partition coefficient (Wildman–Crippen LogP) is 3.51. The summed E-state index contributed by atoms with van der Waals surface area (Å²) in [5, 5.41) is 0. The second-order valence-electron chi connectivity index (χ2n) is 7.06. The number of likely N-dealkylation sites (tertiary alicyclic amines) is 2. The SMILES string of the molecule is c1cc([C@H]2CCCN(Cc3ccc(CN4CCCC4)s3)C2)ncn1. The van der Waals surface area contributed by atoms with Gasteiger partial charge in [-0.05, 0) is 63.5 Å². The average Bonchev–Trinajstić information content (AvgIpc) is 3.29. The summed E-state index contributed by atoms with van der Waals surface area (Å²) < 4.78 is 0. The Kier molecular flexibility index (Phi) is 5.21. The molecule has 2 saturated heterocycles. The largest absolute Gasteiger partial charge is 0.298 e. The molecule has 0 amide bonds. The van der Waals surface area contributed by atoms with Crippen molar-refractivity contribution in [3.63, 3.8) is 0 Å². The van der Waals surface area contributed by atoms with Gasteiger partial charge in [0.15, 0.2) is 0 Å². The van der Waals surface area contributed by atoms with Crippen molar-refractivity contribution in [2.45, 2.75) is 44.7 Å². The molecule has 5 heteroatoms. The monoisotopic (exact) mass is 342 g/mol. The van der Waals surface area contributed by atoms with E-state index in [9.17, 15) is 0 Å². The molecule has 2 aromatic rings. The number of piperidine rings is 1. The minimum atomic E-state index is 0.561. The smallest absolute Gasteiger partial charge is 0.115 e. The van der Waals surface area contributed by atoms with Crippen LogP contribution in [0.3, 0.4) is 0 Å². The van der Waals surface area contributed by atoms with E-state index in [-0.39, 0.29) is 0 Å². The molecule has 4 heterocycles. The van der Waals surface area contributed by atoms with Crippen molar-refractivity contribution in [3.8, 4) is 0 Å². The van der Waals surface area contributed by atoms with Crippen LogP contribution in [0.2, 0.25) is 0 Å². The Labute approximate surface area is 148 Å². The predicted molar refractivity (Wildman–Crippen MR) is 98.1 cm³/mol. The topological polar surface area (TPSA) is 32.3 Å². The zero-order valence-electron chi connectivity index (χ0n) is 14.2. The van der Waals surface area contributed by atoms with Crippen LogP contribution >= 0.6 is 11.3 Å². The Morgan fingerprint density at radius 2 is 1.71 bits per heavy atom. The number of hydrogen-bond acceptors (Lipinski definition) is 5. The minimum absolute atomic E-state index is 0.561. The fourth-order valence-corrected chi connectivity index (χ4v) is 5.06. The van der Waals surface area contributed by atoms with E-state index in [4.69, 9.17) is 0 Å². The first kappa shape index (κ1) is 16.2. The van der Waals surface area contributed by atoms with Crippen LogP contribution < -0.4 is 0 Å². The van der Waals surface area contributed by atoms with E-state index >= 15 is 0 Å². The molecule has 0 bridgehead atoms. The van der Waals surface area contributed by atoms with Crippen LogP contribution in [-0.2, 0) is 13.1 Å². The molecule has 2 aliphatic heterocycles. The first-order valence-electron chi connectivity index (χ1n) is 9.15. The summed E-state index contributed by atoms with van der Waals surface area (Å²) in [7, 11) is 0. The molecule has 1 atom stereocenters. The molecular weight excluding hydrogens is 316 g/mol. The third-order valence-electron chi connectivity index (χ3n) is 5.20. The third-order valence-corrected chi connectivity index (χ3v) is 6.26. The highest BCUT2D eigenvalue weighted by Gasteiger charge is 2.22. The molecule has 0 aliphatic carbocycles. The van der Waals surface area contributed by atoms with Gasteiger partial charge in [0.2, 0.25) is 0 Å². The van der Waals surface area contributed by atoms with Gasteiger partial charge in [-0.2, -0.15) is 0 Å². The zero-order valence-corrected chi connectivity index (χ0v) is 15.0. The van der Waals surface area contributed by atoms with E-state index in [2.05, 4.69) is 38.0 Å². The summed E-state index contributed by atoms with van der Waals surface area (Å²) in [5.74, 6) is 0.561. The molecule has 2 fully saturated rings. The van der Waals surface area contributed by atoms with Crippen molar-refractivity contribution in [1.82, 2.24) is 19.8 Å². The summed E-state index contributed by atoms with van der Waals surface area (Å²) >= 11 is 2.00. The summed E-state index contributed by atoms with van der Waals surface area (Å²) in [6.45, 7) is 7.12. The van der Waals surface area contributed by atoms with Gasteiger partial charge in [0, 0.05) is 47.2 Å². The van der Waals surface area contributed by atoms with Crippen LogP contribution in [0.4, 0.5) is 0 Å². The van der Waals surface area contributed by atoms with Crippen molar-refractivity contribution in [2.24, 2.45) is 0 Å². The molecular formula is C19H26N4S. The summed E-state index contributed by atoms with van der Waals surface area (Å²) in [5.41, 5.74) is 1.20. The number of thiophene rings is 1. The minimum Gasteiger partial charge on any atom is -0.298 e. The molecule has 0 saturated carbocycles. The molecule has 2 aliphatic rings. The highest BCUT2D eigenvalue weighted by molar-refractivity contribution is 7.11. The van der Waals surface area contributed by atoms with Crippen LogP contribution in [0.15, 0.2) is 30.7 Å². The van der Waals surface area contributed by atoms with Gasteiger partial charge in [-0.25, -0.2) is 9.97 Å². The van der Waals surface area contributed by atoms with E-state index in [1.807, 2.05) is 17.5 Å². The van der Waals surface area contributed by atoms with E-state index in [1.165, 1.54) is 60.8 Å². The second-order valence-corrected chi connectivity index (χ2v) is 8.31. The number of rotatable bonds is 5. The van der Waals surface area contributed by atoms with Gasteiger partial charge >= 0.3 is 0 Å². The van der Waals surface area contributed by atoms with Crippen molar-refractivity contribution >= 4 is 11.3 Å². The van der Waals surface area contributed by atoms with E-state index < -0.39 is 0 Å². The third kappa shape index (κ3) is 4.02. The van der Waals surface area contributed by atoms with Crippen molar-refractivity contribution in [2.75, 3.05) is 26.2 Å². The molecule has 24 heavy (non-hydrogen) atoms. The van der Waals surface area contributed by atoms with Crippen molar-refractivity contribution < 1.29 is 0 Å². The lowest BCUT2D eigenvalue weighted by atomic mass is 9.94. The van der Waals surface area contributed by atoms with Gasteiger partial charge in [0.05, 0.1) is 0 Å². The average molecular weight is 343 g/mol. The lowest BCUT2D eigenvalue weighted by molar-refractivity contribution is 0.200. The Morgan fingerprint density at radius 1 is 0.958 bits per heavy atom. The van der Waals surface area contributed by atoms with Gasteiger partial charge < -0.3 is 0 Å². The van der Waals surface area contributed by atoms with Crippen molar-refractivity contribution in [1.29, 1.82) is 0 Å². The molecule has 0 aromatic carbocycles. The highest BCUT2D eigenvalue weighted by Crippen LogP contribution is 2.28. The zero-order chi connectivity index (χ0) is 16.2. The standard InChI is InChI=1S/C19H26N4S/c1-2-10-22(9-1)13-17-5-6-18(24-17)14-23-11-3-4-16(12-23)19-7-8-20-15-21-19/h5-8,15-16H,1-4,9-14H2/t16-/m0/s1. The van der Waals surface area contributed by atoms with Gasteiger partial charge in [0.25, 0.3) is 0 Å². The van der Waals surface area contributed by atoms with E-state index in [1.54, 1.807) is 6.33 Å². The normalized spacial score (nSPS) is 22.9. The van der Waals surface area contributed by atoms with Crippen LogP contribution in [0.5, 0.6) is 0 Å². The first-order valence-corrected chi connectivity index (χ1v) is 9.97. The number of hydrogen-bond donors (Lipinski definition) is 0. The summed E-state index contributed by atoms with van der Waals surface area (Å²) in [6.07, 6.45) is 8.80. The Bertz CT molecular complexity index is 636. The fraction of sp³-hybridized carbons (Fsp3) is 0.579. The summed E-state index contributed by atoms with van der Waals surface area (Å²) in [6, 6.07) is 6.75. The van der Waals surface area contributed by atoms with Crippen LogP contribution in [0.25, 0.3) is 0 Å². The molecule has 4 rings (SSSR count). The van der Waals surface area contributed by atoms with Gasteiger partial charge in [-0.3, -0.25) is 9.80 Å². The number of nitrogens with zero attached hydrogens (tertiary/aromatic N) is 4. The highest BCUT2D eigenvalue weighted by atomic mass is 32.1. The van der Waals surface area contributed by atoms with E-state index in [0.29, 0.717) is 5.92 Å². The van der Waals surface area contributed by atoms with Crippen LogP contribution in [-0.4, -0.2) is 45.9 Å². The maximum atomic E-state index is 4.46. The quantitative estimate of drug-likeness (QED) is 0.832. The number of aromatic nitrogens is 2.